The smallest absolute Gasteiger partial charge is 0.123 e. The summed E-state index contributed by atoms with van der Waals surface area (Å²) in [4.78, 5) is 0. The first kappa shape index (κ1) is 14.7. The Kier molecular flexibility index (Phi) is 4.91. The van der Waals surface area contributed by atoms with E-state index in [0.29, 0.717) is 5.92 Å². The van der Waals surface area contributed by atoms with Gasteiger partial charge in [0, 0.05) is 12.6 Å². The number of benzene rings is 2. The van der Waals surface area contributed by atoms with Gasteiger partial charge in [0.1, 0.15) is 5.82 Å². The van der Waals surface area contributed by atoms with Crippen LogP contribution in [0.4, 0.5) is 4.39 Å². The second-order valence-electron chi connectivity index (χ2n) is 5.55. The van der Waals surface area contributed by atoms with Gasteiger partial charge < -0.3 is 5.32 Å². The molecule has 0 saturated heterocycles. The van der Waals surface area contributed by atoms with E-state index in [0.717, 1.165) is 12.1 Å². The van der Waals surface area contributed by atoms with Gasteiger partial charge in [-0.3, -0.25) is 0 Å². The van der Waals surface area contributed by atoms with Crippen molar-refractivity contribution < 1.29 is 4.39 Å². The number of hydrogen-bond acceptors (Lipinski definition) is 1. The maximum absolute atomic E-state index is 12.8. The predicted octanol–water partition coefficient (Wildman–Crippen LogP) is 4.80. The largest absolute Gasteiger partial charge is 0.306 e. The number of halogens is 1. The minimum absolute atomic E-state index is 0.189. The van der Waals surface area contributed by atoms with Crippen LogP contribution in [-0.4, -0.2) is 0 Å². The molecule has 0 spiro atoms. The molecule has 1 nitrogen and oxygen atoms in total. The molecule has 0 radical (unpaired) electrons. The first-order valence-electron chi connectivity index (χ1n) is 7.14. The molecule has 0 aliphatic heterocycles. The van der Waals surface area contributed by atoms with Gasteiger partial charge in [0.15, 0.2) is 0 Å². The molecule has 106 valence electrons. The third-order valence-electron chi connectivity index (χ3n) is 3.63. The van der Waals surface area contributed by atoms with E-state index in [2.05, 4.69) is 50.4 Å². The molecule has 20 heavy (non-hydrogen) atoms. The van der Waals surface area contributed by atoms with Crippen molar-refractivity contribution in [1.82, 2.24) is 5.32 Å². The lowest BCUT2D eigenvalue weighted by Crippen LogP contribution is -2.18. The monoisotopic (exact) mass is 271 g/mol. The molecule has 0 saturated carbocycles. The number of rotatable bonds is 5. The van der Waals surface area contributed by atoms with E-state index in [1.54, 1.807) is 0 Å². The number of nitrogens with one attached hydrogen (secondary N) is 1. The Morgan fingerprint density at radius 1 is 0.850 bits per heavy atom. The van der Waals surface area contributed by atoms with Crippen LogP contribution in [0, 0.1) is 5.82 Å². The van der Waals surface area contributed by atoms with E-state index >= 15 is 0 Å². The maximum Gasteiger partial charge on any atom is 0.123 e. The van der Waals surface area contributed by atoms with Crippen molar-refractivity contribution in [1.29, 1.82) is 0 Å². The molecule has 0 aliphatic rings. The Morgan fingerprint density at radius 3 is 1.95 bits per heavy atom. The average molecular weight is 271 g/mol. The zero-order chi connectivity index (χ0) is 14.5. The van der Waals surface area contributed by atoms with Crippen LogP contribution in [0.25, 0.3) is 0 Å². The highest BCUT2D eigenvalue weighted by atomic mass is 19.1. The van der Waals surface area contributed by atoms with Gasteiger partial charge in [-0.2, -0.15) is 0 Å². The van der Waals surface area contributed by atoms with Gasteiger partial charge >= 0.3 is 0 Å². The molecule has 0 aliphatic carbocycles. The fourth-order valence-electron chi connectivity index (χ4n) is 2.16. The molecule has 0 aromatic heterocycles. The van der Waals surface area contributed by atoms with E-state index in [1.165, 1.54) is 23.3 Å². The molecular weight excluding hydrogens is 249 g/mol. The van der Waals surface area contributed by atoms with Crippen molar-refractivity contribution in [2.75, 3.05) is 0 Å². The normalized spacial score (nSPS) is 12.7. The third kappa shape index (κ3) is 3.91. The van der Waals surface area contributed by atoms with Gasteiger partial charge in [0.2, 0.25) is 0 Å². The molecule has 0 heterocycles. The highest BCUT2D eigenvalue weighted by molar-refractivity contribution is 5.26. The van der Waals surface area contributed by atoms with Crippen molar-refractivity contribution in [3.8, 4) is 0 Å². The molecule has 2 aromatic carbocycles. The van der Waals surface area contributed by atoms with Gasteiger partial charge in [-0.1, -0.05) is 50.2 Å². The van der Waals surface area contributed by atoms with E-state index in [1.807, 2.05) is 12.1 Å². The van der Waals surface area contributed by atoms with Crippen LogP contribution in [-0.2, 0) is 6.54 Å². The quantitative estimate of drug-likeness (QED) is 0.823. The topological polar surface area (TPSA) is 12.0 Å². The first-order chi connectivity index (χ1) is 9.56. The summed E-state index contributed by atoms with van der Waals surface area (Å²) in [5.41, 5.74) is 3.73. The minimum atomic E-state index is -0.189. The molecule has 0 amide bonds. The van der Waals surface area contributed by atoms with E-state index in [4.69, 9.17) is 0 Å². The average Bonchev–Trinajstić information content (AvgIpc) is 2.46. The van der Waals surface area contributed by atoms with Crippen molar-refractivity contribution in [2.24, 2.45) is 0 Å². The van der Waals surface area contributed by atoms with Crippen LogP contribution < -0.4 is 5.32 Å². The molecule has 0 bridgehead atoms. The fourth-order valence-corrected chi connectivity index (χ4v) is 2.16. The van der Waals surface area contributed by atoms with Gasteiger partial charge in [-0.05, 0) is 41.7 Å². The second kappa shape index (κ2) is 6.67. The van der Waals surface area contributed by atoms with Gasteiger partial charge in [-0.25, -0.2) is 4.39 Å². The predicted molar refractivity (Wildman–Crippen MR) is 82.2 cm³/mol. The zero-order valence-corrected chi connectivity index (χ0v) is 12.4. The van der Waals surface area contributed by atoms with E-state index in [9.17, 15) is 4.39 Å². The molecule has 2 heteroatoms. The highest BCUT2D eigenvalue weighted by Gasteiger charge is 2.06. The summed E-state index contributed by atoms with van der Waals surface area (Å²) in [6, 6.07) is 15.6. The molecule has 1 unspecified atom stereocenters. The summed E-state index contributed by atoms with van der Waals surface area (Å²) in [5.74, 6) is 0.373. The molecule has 2 rings (SSSR count). The summed E-state index contributed by atoms with van der Waals surface area (Å²) < 4.78 is 12.8. The minimum Gasteiger partial charge on any atom is -0.306 e. The van der Waals surface area contributed by atoms with E-state index in [-0.39, 0.29) is 11.9 Å². The maximum atomic E-state index is 12.8. The van der Waals surface area contributed by atoms with Crippen molar-refractivity contribution >= 4 is 0 Å². The molecule has 1 atom stereocenters. The second-order valence-corrected chi connectivity index (χ2v) is 5.55. The first-order valence-corrected chi connectivity index (χ1v) is 7.14. The summed E-state index contributed by atoms with van der Waals surface area (Å²) in [6.07, 6.45) is 0. The van der Waals surface area contributed by atoms with Crippen LogP contribution in [0.2, 0.25) is 0 Å². The Hall–Kier alpha value is -1.67. The third-order valence-corrected chi connectivity index (χ3v) is 3.63. The lowest BCUT2D eigenvalue weighted by molar-refractivity contribution is 0.572. The Morgan fingerprint density at radius 2 is 1.40 bits per heavy atom. The van der Waals surface area contributed by atoms with Crippen LogP contribution in [0.5, 0.6) is 0 Å². The number of hydrogen-bond donors (Lipinski definition) is 1. The zero-order valence-electron chi connectivity index (χ0n) is 12.4. The van der Waals surface area contributed by atoms with Crippen LogP contribution in [0.3, 0.4) is 0 Å². The lowest BCUT2D eigenvalue weighted by Gasteiger charge is -2.15. The van der Waals surface area contributed by atoms with Crippen molar-refractivity contribution in [3.63, 3.8) is 0 Å². The van der Waals surface area contributed by atoms with Crippen LogP contribution in [0.1, 0.15) is 49.4 Å². The van der Waals surface area contributed by atoms with Gasteiger partial charge in [0.05, 0.1) is 0 Å². The summed E-state index contributed by atoms with van der Waals surface area (Å²) in [6.45, 7) is 7.29. The summed E-state index contributed by atoms with van der Waals surface area (Å²) in [7, 11) is 0. The van der Waals surface area contributed by atoms with E-state index < -0.39 is 0 Å². The van der Waals surface area contributed by atoms with Crippen molar-refractivity contribution in [2.45, 2.75) is 39.3 Å². The van der Waals surface area contributed by atoms with Gasteiger partial charge in [0.25, 0.3) is 0 Å². The lowest BCUT2D eigenvalue weighted by atomic mass is 9.99. The molecule has 2 aromatic rings. The van der Waals surface area contributed by atoms with Gasteiger partial charge in [-0.15, -0.1) is 0 Å². The van der Waals surface area contributed by atoms with Crippen molar-refractivity contribution in [3.05, 3.63) is 71.0 Å². The highest BCUT2D eigenvalue weighted by Crippen LogP contribution is 2.18. The summed E-state index contributed by atoms with van der Waals surface area (Å²) in [5, 5.41) is 3.46. The Bertz CT molecular complexity index is 528. The summed E-state index contributed by atoms with van der Waals surface area (Å²) >= 11 is 0. The van der Waals surface area contributed by atoms with Crippen LogP contribution >= 0.6 is 0 Å². The Balaban J connectivity index is 1.94. The fraction of sp³-hybridized carbons (Fsp3) is 0.333. The Labute approximate surface area is 120 Å². The van der Waals surface area contributed by atoms with Crippen LogP contribution in [0.15, 0.2) is 48.5 Å². The molecular formula is C18H22FN. The molecule has 0 fully saturated rings. The standard InChI is InChI=1S/C18H22FN/c1-13(2)16-6-8-17(9-7-16)14(3)20-12-15-4-10-18(19)11-5-15/h4-11,13-14,20H,12H2,1-3H3. The SMILES string of the molecule is CC(C)c1ccc(C(C)NCc2ccc(F)cc2)cc1. The molecule has 1 N–H and O–H groups in total.